The maximum atomic E-state index is 13.8. The highest BCUT2D eigenvalue weighted by Crippen LogP contribution is 2.41. The zero-order valence-electron chi connectivity index (χ0n) is 20.3. The van der Waals surface area contributed by atoms with Crippen LogP contribution in [0.25, 0.3) is 0 Å². The van der Waals surface area contributed by atoms with Gasteiger partial charge in [0.2, 0.25) is 6.41 Å². The van der Waals surface area contributed by atoms with E-state index in [1.165, 1.54) is 7.11 Å². The van der Waals surface area contributed by atoms with Crippen LogP contribution in [0.15, 0.2) is 36.4 Å². The van der Waals surface area contributed by atoms with E-state index in [0.29, 0.717) is 29.4 Å². The molecule has 192 valence electrons. The second-order valence-corrected chi connectivity index (χ2v) is 9.80. The van der Waals surface area contributed by atoms with Gasteiger partial charge in [-0.15, -0.1) is 0 Å². The molecule has 3 amide bonds. The molecule has 2 aromatic rings. The quantitative estimate of drug-likeness (QED) is 0.256. The highest BCUT2D eigenvalue weighted by atomic mass is 32.2. The van der Waals surface area contributed by atoms with E-state index in [0.717, 1.165) is 37.0 Å². The Kier molecular flexibility index (Phi) is 8.05. The van der Waals surface area contributed by atoms with Gasteiger partial charge in [-0.1, -0.05) is 36.1 Å². The van der Waals surface area contributed by atoms with Crippen LogP contribution in [0.3, 0.4) is 0 Å². The van der Waals surface area contributed by atoms with Gasteiger partial charge in [0.1, 0.15) is 0 Å². The number of amides is 3. The van der Waals surface area contributed by atoms with Crippen molar-refractivity contribution in [3.63, 3.8) is 0 Å². The van der Waals surface area contributed by atoms with E-state index in [1.807, 2.05) is 6.92 Å². The average Bonchev–Trinajstić information content (AvgIpc) is 3.48. The second kappa shape index (κ2) is 11.2. The topological polar surface area (TPSA) is 116 Å². The van der Waals surface area contributed by atoms with Crippen molar-refractivity contribution in [2.24, 2.45) is 0 Å². The molecule has 2 aliphatic rings. The average molecular weight is 514 g/mol. The van der Waals surface area contributed by atoms with E-state index in [9.17, 15) is 23.1 Å². The highest BCUT2D eigenvalue weighted by molar-refractivity contribution is 7.79. The van der Waals surface area contributed by atoms with Gasteiger partial charge in [-0.3, -0.25) is 23.5 Å². The Hall–Kier alpha value is -3.24. The minimum Gasteiger partial charge on any atom is -0.772 e. The van der Waals surface area contributed by atoms with Crippen molar-refractivity contribution in [2.45, 2.75) is 51.1 Å². The van der Waals surface area contributed by atoms with E-state index >= 15 is 0 Å². The summed E-state index contributed by atoms with van der Waals surface area (Å²) in [6.45, 7) is 2.19. The van der Waals surface area contributed by atoms with E-state index in [2.05, 4.69) is 0 Å². The number of carbonyl (C=O) groups is 3. The Labute approximate surface area is 212 Å². The molecule has 2 unspecified atom stereocenters. The summed E-state index contributed by atoms with van der Waals surface area (Å²) < 4.78 is 33.9. The molecule has 10 heteroatoms. The van der Waals surface area contributed by atoms with Gasteiger partial charge in [-0.05, 0) is 56.0 Å². The van der Waals surface area contributed by atoms with Crippen molar-refractivity contribution in [1.29, 1.82) is 0 Å². The SMILES string of the molecule is CCOc1cc(C(CCS(=O)[O-])N2C(=O)c3cccc(N(C=O)C4CCCC4)c3C2=O)ccc1OC. The van der Waals surface area contributed by atoms with Crippen molar-refractivity contribution >= 4 is 35.0 Å². The van der Waals surface area contributed by atoms with Crippen LogP contribution in [0.4, 0.5) is 5.69 Å². The molecular weight excluding hydrogens is 484 g/mol. The molecule has 1 heterocycles. The van der Waals surface area contributed by atoms with Gasteiger partial charge in [0, 0.05) is 11.8 Å². The molecule has 36 heavy (non-hydrogen) atoms. The predicted molar refractivity (Wildman–Crippen MR) is 133 cm³/mol. The van der Waals surface area contributed by atoms with Crippen LogP contribution in [-0.4, -0.2) is 57.4 Å². The molecule has 1 fully saturated rings. The number of imide groups is 1. The minimum absolute atomic E-state index is 0.00876. The van der Waals surface area contributed by atoms with Crippen LogP contribution < -0.4 is 14.4 Å². The van der Waals surface area contributed by atoms with Crippen molar-refractivity contribution in [3.8, 4) is 11.5 Å². The zero-order chi connectivity index (χ0) is 25.8. The largest absolute Gasteiger partial charge is 0.772 e. The molecule has 4 rings (SSSR count). The fourth-order valence-corrected chi connectivity index (χ4v) is 5.54. The fourth-order valence-electron chi connectivity index (χ4n) is 5.13. The molecule has 0 N–H and O–H groups in total. The third-order valence-electron chi connectivity index (χ3n) is 6.78. The maximum absolute atomic E-state index is 13.8. The molecule has 2 aromatic carbocycles. The van der Waals surface area contributed by atoms with Crippen LogP contribution in [-0.2, 0) is 15.9 Å². The Bertz CT molecular complexity index is 1180. The first-order valence-corrected chi connectivity index (χ1v) is 13.3. The Morgan fingerprint density at radius 2 is 1.92 bits per heavy atom. The monoisotopic (exact) mass is 513 g/mol. The molecule has 2 atom stereocenters. The minimum atomic E-state index is -2.37. The molecular formula is C26H29N2O7S-. The Morgan fingerprint density at radius 3 is 2.56 bits per heavy atom. The molecule has 9 nitrogen and oxygen atoms in total. The summed E-state index contributed by atoms with van der Waals surface area (Å²) in [5, 5.41) is 0. The summed E-state index contributed by atoms with van der Waals surface area (Å²) in [5.74, 6) is -0.412. The second-order valence-electron chi connectivity index (χ2n) is 8.79. The van der Waals surface area contributed by atoms with Crippen molar-refractivity contribution in [2.75, 3.05) is 24.4 Å². The molecule has 1 aliphatic carbocycles. The first-order chi connectivity index (χ1) is 17.4. The zero-order valence-corrected chi connectivity index (χ0v) is 21.1. The lowest BCUT2D eigenvalue weighted by molar-refractivity contribution is -0.107. The highest BCUT2D eigenvalue weighted by Gasteiger charge is 2.43. The molecule has 0 aromatic heterocycles. The van der Waals surface area contributed by atoms with E-state index in [1.54, 1.807) is 41.3 Å². The van der Waals surface area contributed by atoms with Gasteiger partial charge in [0.15, 0.2) is 11.5 Å². The fraction of sp³-hybridized carbons (Fsp3) is 0.423. The number of nitrogens with zero attached hydrogens (tertiary/aromatic N) is 2. The summed E-state index contributed by atoms with van der Waals surface area (Å²) in [6.07, 6.45) is 4.39. The number of rotatable bonds is 11. The van der Waals surface area contributed by atoms with Gasteiger partial charge in [0.25, 0.3) is 11.8 Å². The van der Waals surface area contributed by atoms with Crippen molar-refractivity contribution in [3.05, 3.63) is 53.1 Å². The number of fused-ring (bicyclic) bond motifs is 1. The molecule has 1 saturated carbocycles. The number of benzene rings is 2. The first-order valence-electron chi connectivity index (χ1n) is 12.0. The third kappa shape index (κ3) is 4.87. The number of ether oxygens (including phenoxy) is 2. The first kappa shape index (κ1) is 25.8. The van der Waals surface area contributed by atoms with E-state index < -0.39 is 28.9 Å². The lowest BCUT2D eigenvalue weighted by Crippen LogP contribution is -2.36. The van der Waals surface area contributed by atoms with Gasteiger partial charge in [-0.25, -0.2) is 0 Å². The van der Waals surface area contributed by atoms with Gasteiger partial charge in [-0.2, -0.15) is 0 Å². The summed E-state index contributed by atoms with van der Waals surface area (Å²) >= 11 is -2.37. The van der Waals surface area contributed by atoms with E-state index in [-0.39, 0.29) is 29.3 Å². The van der Waals surface area contributed by atoms with E-state index in [4.69, 9.17) is 9.47 Å². The van der Waals surface area contributed by atoms with Crippen LogP contribution >= 0.6 is 0 Å². The molecule has 0 saturated heterocycles. The van der Waals surface area contributed by atoms with Crippen LogP contribution in [0.5, 0.6) is 11.5 Å². The summed E-state index contributed by atoms with van der Waals surface area (Å²) in [5.41, 5.74) is 1.33. The third-order valence-corrected chi connectivity index (χ3v) is 7.35. The molecule has 0 radical (unpaired) electrons. The predicted octanol–water partition coefficient (Wildman–Crippen LogP) is 3.61. The van der Waals surface area contributed by atoms with Crippen molar-refractivity contribution < 1.29 is 32.6 Å². The lowest BCUT2D eigenvalue weighted by atomic mass is 10.0. The standard InChI is InChI=1S/C26H30N2O7S/c1-3-35-23-15-17(11-12-22(23)34-2)20(13-14-36(32)33)28-25(30)19-9-6-10-21(24(19)26(28)31)27(16-29)18-7-4-5-8-18/h6,9-12,15-16,18,20H,3-5,7-8,13-14H2,1-2H3,(H,32,33)/p-1. The maximum Gasteiger partial charge on any atom is 0.264 e. The summed E-state index contributed by atoms with van der Waals surface area (Å²) in [4.78, 5) is 42.1. The van der Waals surface area contributed by atoms with Gasteiger partial charge in [0.05, 0.1) is 36.6 Å². The summed E-state index contributed by atoms with van der Waals surface area (Å²) in [6, 6.07) is 9.06. The van der Waals surface area contributed by atoms with Crippen molar-refractivity contribution in [1.82, 2.24) is 4.90 Å². The number of anilines is 1. The smallest absolute Gasteiger partial charge is 0.264 e. The van der Waals surface area contributed by atoms with Crippen LogP contribution in [0, 0.1) is 0 Å². The summed E-state index contributed by atoms with van der Waals surface area (Å²) in [7, 11) is 1.50. The number of methoxy groups -OCH3 is 1. The molecule has 0 spiro atoms. The normalized spacial score (nSPS) is 17.1. The van der Waals surface area contributed by atoms with Crippen LogP contribution in [0.1, 0.15) is 71.3 Å². The Balaban J connectivity index is 1.77. The number of carbonyl (C=O) groups excluding carboxylic acids is 3. The number of hydrogen-bond acceptors (Lipinski definition) is 7. The molecule has 0 bridgehead atoms. The lowest BCUT2D eigenvalue weighted by Gasteiger charge is -2.28. The Morgan fingerprint density at radius 1 is 1.17 bits per heavy atom. The van der Waals surface area contributed by atoms with Gasteiger partial charge < -0.3 is 18.9 Å². The van der Waals surface area contributed by atoms with Crippen LogP contribution in [0.2, 0.25) is 0 Å². The number of hydrogen-bond donors (Lipinski definition) is 0. The molecule has 1 aliphatic heterocycles. The van der Waals surface area contributed by atoms with Gasteiger partial charge >= 0.3 is 0 Å².